The Morgan fingerprint density at radius 1 is 1.07 bits per heavy atom. The molecule has 4 aromatic rings. The number of aromatic nitrogens is 2. The number of primary amides is 1. The largest absolute Gasteiger partial charge is 0.508 e. The average molecular weight is 547 g/mol. The number of amides is 1. The number of aromatic hydroxyl groups is 1. The van der Waals surface area contributed by atoms with Crippen molar-refractivity contribution in [2.75, 3.05) is 31.6 Å². The van der Waals surface area contributed by atoms with Gasteiger partial charge in [-0.2, -0.15) is 9.97 Å². The van der Waals surface area contributed by atoms with Crippen molar-refractivity contribution in [3.8, 4) is 22.9 Å². The smallest absolute Gasteiger partial charge is 0.320 e. The minimum absolute atomic E-state index is 0.104. The summed E-state index contributed by atoms with van der Waals surface area (Å²) in [5.41, 5.74) is 5.34. The fraction of sp³-hybridized carbons (Fsp3) is 0.345. The Labute approximate surface area is 228 Å². The first kappa shape index (κ1) is 24.9. The summed E-state index contributed by atoms with van der Waals surface area (Å²) in [7, 11) is 1.78. The van der Waals surface area contributed by atoms with Gasteiger partial charge in [-0.05, 0) is 54.4 Å². The number of hydrogen-bond acceptors (Lipinski definition) is 8. The Balaban J connectivity index is 1.42. The molecule has 1 amide bonds. The molecule has 40 heavy (non-hydrogen) atoms. The lowest BCUT2D eigenvalue weighted by atomic mass is 9.95. The van der Waals surface area contributed by atoms with Crippen LogP contribution >= 0.6 is 0 Å². The molecule has 0 radical (unpaired) electrons. The molecule has 11 heteroatoms. The van der Waals surface area contributed by atoms with Crippen LogP contribution in [0, 0.1) is 17.6 Å². The number of ether oxygens (including phenoxy) is 1. The van der Waals surface area contributed by atoms with E-state index in [0.29, 0.717) is 36.2 Å². The van der Waals surface area contributed by atoms with E-state index in [4.69, 9.17) is 10.5 Å². The number of benzene rings is 3. The maximum absolute atomic E-state index is 16.5. The number of nitrogens with one attached hydrogen (secondary N) is 1. The third-order valence-electron chi connectivity index (χ3n) is 8.33. The number of likely N-dealkylation sites (tertiary alicyclic amines) is 1. The first-order valence-electron chi connectivity index (χ1n) is 13.4. The first-order chi connectivity index (χ1) is 19.3. The van der Waals surface area contributed by atoms with Crippen molar-refractivity contribution in [1.82, 2.24) is 20.2 Å². The summed E-state index contributed by atoms with van der Waals surface area (Å²) < 4.78 is 38.4. The van der Waals surface area contributed by atoms with Gasteiger partial charge in [-0.25, -0.2) is 8.78 Å². The van der Waals surface area contributed by atoms with Gasteiger partial charge in [0.1, 0.15) is 28.8 Å². The number of phenolic OH excluding ortho intramolecular Hbond substituents is 1. The van der Waals surface area contributed by atoms with E-state index in [9.17, 15) is 9.90 Å². The maximum Gasteiger partial charge on any atom is 0.320 e. The molecular weight excluding hydrogens is 518 g/mol. The minimum Gasteiger partial charge on any atom is -0.508 e. The highest BCUT2D eigenvalue weighted by atomic mass is 19.1. The van der Waals surface area contributed by atoms with Gasteiger partial charge in [-0.3, -0.25) is 9.69 Å². The lowest BCUT2D eigenvalue weighted by Crippen LogP contribution is -2.61. The molecule has 3 fully saturated rings. The van der Waals surface area contributed by atoms with Crippen molar-refractivity contribution in [1.29, 1.82) is 0 Å². The predicted molar refractivity (Wildman–Crippen MR) is 146 cm³/mol. The van der Waals surface area contributed by atoms with Gasteiger partial charge in [0.05, 0.1) is 5.56 Å². The van der Waals surface area contributed by atoms with Crippen LogP contribution in [0.5, 0.6) is 11.8 Å². The molecule has 7 rings (SSSR count). The fourth-order valence-electron chi connectivity index (χ4n) is 6.36. The van der Waals surface area contributed by atoms with Crippen LogP contribution in [-0.2, 0) is 4.79 Å². The standard InChI is InChI=1S/C29H28F2N6O3/c1-36-13-21(26(32)39)28(36)40-29-34-25-20(27(35-29)37-11-15-6-7-16(12-37)33-15)10-22(30)23(24(25)31)19-9-17(38)8-14-4-2-3-5-18(14)19/h2-5,8-10,15-16,21,28,33,38H,6-7,11-13H2,1H3,(H2,32,39). The first-order valence-corrected chi connectivity index (χ1v) is 13.4. The predicted octanol–water partition coefficient (Wildman–Crippen LogP) is 3.13. The second kappa shape index (κ2) is 9.24. The normalized spacial score (nSPS) is 24.4. The highest BCUT2D eigenvalue weighted by molar-refractivity contribution is 6.01. The van der Waals surface area contributed by atoms with Crippen molar-refractivity contribution in [2.24, 2.45) is 11.7 Å². The second-order valence-corrected chi connectivity index (χ2v) is 11.0. The number of carbonyl (C=O) groups is 1. The van der Waals surface area contributed by atoms with E-state index < -0.39 is 29.7 Å². The monoisotopic (exact) mass is 546 g/mol. The Morgan fingerprint density at radius 2 is 1.82 bits per heavy atom. The van der Waals surface area contributed by atoms with E-state index in [2.05, 4.69) is 15.3 Å². The van der Waals surface area contributed by atoms with Crippen LogP contribution in [-0.4, -0.2) is 70.9 Å². The highest BCUT2D eigenvalue weighted by Crippen LogP contribution is 2.41. The number of nitrogens with two attached hydrogens (primary N) is 1. The SMILES string of the molecule is CN1CC(C(N)=O)C1Oc1nc(N2CC3CCC(C2)N3)c2cc(F)c(-c3cc(O)cc4ccccc34)c(F)c2n1. The molecule has 3 aliphatic rings. The summed E-state index contributed by atoms with van der Waals surface area (Å²) in [5, 5.41) is 15.4. The Bertz CT molecular complexity index is 1670. The number of phenols is 1. The van der Waals surface area contributed by atoms with Gasteiger partial charge in [0, 0.05) is 37.1 Å². The van der Waals surface area contributed by atoms with Crippen molar-refractivity contribution >= 4 is 33.4 Å². The van der Waals surface area contributed by atoms with Gasteiger partial charge in [0.2, 0.25) is 5.91 Å². The third-order valence-corrected chi connectivity index (χ3v) is 8.33. The van der Waals surface area contributed by atoms with E-state index >= 15 is 8.78 Å². The zero-order valence-electron chi connectivity index (χ0n) is 21.8. The highest BCUT2D eigenvalue weighted by Gasteiger charge is 2.43. The van der Waals surface area contributed by atoms with E-state index in [-0.39, 0.29) is 45.9 Å². The summed E-state index contributed by atoms with van der Waals surface area (Å²) in [6, 6.07) is 11.6. The lowest BCUT2D eigenvalue weighted by Gasteiger charge is -2.42. The molecule has 2 bridgehead atoms. The summed E-state index contributed by atoms with van der Waals surface area (Å²) in [4.78, 5) is 24.7. The zero-order chi connectivity index (χ0) is 27.7. The van der Waals surface area contributed by atoms with Crippen molar-refractivity contribution in [3.05, 3.63) is 54.1 Å². The van der Waals surface area contributed by atoms with Gasteiger partial charge in [-0.1, -0.05) is 24.3 Å². The molecule has 0 saturated carbocycles. The van der Waals surface area contributed by atoms with Crippen LogP contribution in [0.15, 0.2) is 42.5 Å². The molecule has 4 N–H and O–H groups in total. The van der Waals surface area contributed by atoms with Gasteiger partial charge in [0.15, 0.2) is 12.0 Å². The molecule has 9 nitrogen and oxygen atoms in total. The number of fused-ring (bicyclic) bond motifs is 4. The van der Waals surface area contributed by atoms with E-state index in [0.717, 1.165) is 12.8 Å². The summed E-state index contributed by atoms with van der Waals surface area (Å²) >= 11 is 0. The molecule has 4 atom stereocenters. The fourth-order valence-corrected chi connectivity index (χ4v) is 6.36. The summed E-state index contributed by atoms with van der Waals surface area (Å²) in [6.07, 6.45) is 1.33. The van der Waals surface area contributed by atoms with Crippen LogP contribution in [0.25, 0.3) is 32.8 Å². The van der Waals surface area contributed by atoms with Crippen molar-refractivity contribution in [3.63, 3.8) is 0 Å². The van der Waals surface area contributed by atoms with Crippen LogP contribution in [0.2, 0.25) is 0 Å². The number of carbonyl (C=O) groups excluding carboxylic acids is 1. The number of anilines is 1. The molecule has 4 heterocycles. The molecule has 206 valence electrons. The summed E-state index contributed by atoms with van der Waals surface area (Å²) in [5.74, 6) is -2.47. The molecule has 3 aliphatic heterocycles. The van der Waals surface area contributed by atoms with Crippen LogP contribution in [0.1, 0.15) is 12.8 Å². The van der Waals surface area contributed by atoms with E-state index in [1.54, 1.807) is 42.3 Å². The van der Waals surface area contributed by atoms with Gasteiger partial charge in [-0.15, -0.1) is 0 Å². The lowest BCUT2D eigenvalue weighted by molar-refractivity contribution is -0.147. The zero-order valence-corrected chi connectivity index (χ0v) is 21.8. The Hall–Kier alpha value is -4.09. The number of rotatable bonds is 5. The number of nitrogens with zero attached hydrogens (tertiary/aromatic N) is 4. The minimum atomic E-state index is -0.884. The molecular formula is C29H28F2N6O3. The van der Waals surface area contributed by atoms with E-state index in [1.165, 1.54) is 12.1 Å². The summed E-state index contributed by atoms with van der Waals surface area (Å²) in [6.45, 7) is 1.67. The van der Waals surface area contributed by atoms with Gasteiger partial charge in [0.25, 0.3) is 0 Å². The second-order valence-electron chi connectivity index (χ2n) is 11.0. The quantitative estimate of drug-likeness (QED) is 0.350. The number of halogens is 2. The molecule has 1 aromatic heterocycles. The average Bonchev–Trinajstić information content (AvgIpc) is 3.27. The molecule has 4 unspecified atom stereocenters. The molecule has 0 spiro atoms. The van der Waals surface area contributed by atoms with Gasteiger partial charge < -0.3 is 25.8 Å². The van der Waals surface area contributed by atoms with Gasteiger partial charge >= 0.3 is 6.01 Å². The molecule has 3 aromatic carbocycles. The van der Waals surface area contributed by atoms with Crippen molar-refractivity contribution in [2.45, 2.75) is 31.2 Å². The van der Waals surface area contributed by atoms with Crippen LogP contribution < -0.4 is 20.7 Å². The molecule has 0 aliphatic carbocycles. The van der Waals surface area contributed by atoms with Crippen LogP contribution in [0.4, 0.5) is 14.6 Å². The maximum atomic E-state index is 16.5. The Morgan fingerprint density at radius 3 is 2.55 bits per heavy atom. The third kappa shape index (κ3) is 3.99. The number of hydrogen-bond donors (Lipinski definition) is 3. The molecule has 3 saturated heterocycles. The topological polar surface area (TPSA) is 117 Å². The van der Waals surface area contributed by atoms with E-state index in [1.807, 2.05) is 4.90 Å². The van der Waals surface area contributed by atoms with Crippen LogP contribution in [0.3, 0.4) is 0 Å². The Kier molecular flexibility index (Phi) is 5.76. The number of piperazine rings is 1. The van der Waals surface area contributed by atoms with Crippen molar-refractivity contribution < 1.29 is 23.4 Å².